The molecule has 2 fully saturated rings. The SMILES string of the molecule is CC[Si](CC)(CC)O[C@@H](CC#CC(O)CC[C@@]1(OC)O[C@H]2C[C@H](CO[Si](c3ccccc3)(c3ccccc3)C(C)(C)C)O[C@H]2C[C@@H]1C)COCc1ccc(OC)cc1. The number of aliphatic hydroxyl groups excluding tert-OH is 1. The Labute approximate surface area is 351 Å². The maximum Gasteiger partial charge on any atom is 0.261 e. The molecule has 318 valence electrons. The zero-order valence-electron chi connectivity index (χ0n) is 36.6. The van der Waals surface area contributed by atoms with Crippen LogP contribution in [0.5, 0.6) is 5.75 Å². The van der Waals surface area contributed by atoms with Gasteiger partial charge in [-0.05, 0) is 64.1 Å². The van der Waals surface area contributed by atoms with Gasteiger partial charge in [-0.3, -0.25) is 0 Å². The molecule has 10 heteroatoms. The summed E-state index contributed by atoms with van der Waals surface area (Å²) < 4.78 is 45.3. The van der Waals surface area contributed by atoms with E-state index in [1.165, 1.54) is 10.4 Å². The summed E-state index contributed by atoms with van der Waals surface area (Å²) in [6, 6.07) is 32.5. The van der Waals surface area contributed by atoms with E-state index < -0.39 is 28.5 Å². The van der Waals surface area contributed by atoms with Crippen LogP contribution >= 0.6 is 0 Å². The summed E-state index contributed by atoms with van der Waals surface area (Å²) in [6.07, 6.45) is 1.74. The lowest BCUT2D eigenvalue weighted by molar-refractivity contribution is -0.308. The second-order valence-electron chi connectivity index (χ2n) is 17.2. The van der Waals surface area contributed by atoms with Crippen LogP contribution in [0.1, 0.15) is 86.1 Å². The molecule has 0 amide bonds. The van der Waals surface area contributed by atoms with E-state index in [9.17, 15) is 5.11 Å². The third kappa shape index (κ3) is 11.1. The number of rotatable bonds is 20. The first kappa shape index (κ1) is 46.2. The molecule has 1 unspecified atom stereocenters. The van der Waals surface area contributed by atoms with Gasteiger partial charge in [0.2, 0.25) is 0 Å². The highest BCUT2D eigenvalue weighted by Gasteiger charge is 2.54. The average Bonchev–Trinajstić information content (AvgIpc) is 3.63. The van der Waals surface area contributed by atoms with E-state index >= 15 is 0 Å². The third-order valence-electron chi connectivity index (χ3n) is 12.7. The fraction of sp³-hybridized carbons (Fsp3) is 0.583. The van der Waals surface area contributed by atoms with Gasteiger partial charge in [0.05, 0.1) is 51.3 Å². The first-order chi connectivity index (χ1) is 27.9. The van der Waals surface area contributed by atoms with Gasteiger partial charge < -0.3 is 37.6 Å². The molecule has 0 aliphatic carbocycles. The Bertz CT molecular complexity index is 1670. The summed E-state index contributed by atoms with van der Waals surface area (Å²) in [5.74, 6) is 6.43. The number of hydrogen-bond acceptors (Lipinski definition) is 8. The largest absolute Gasteiger partial charge is 0.497 e. The highest BCUT2D eigenvalue weighted by atomic mass is 28.4. The van der Waals surface area contributed by atoms with Gasteiger partial charge in [0.25, 0.3) is 8.32 Å². The molecule has 0 saturated carbocycles. The Morgan fingerprint density at radius 1 is 0.862 bits per heavy atom. The Morgan fingerprint density at radius 3 is 2.03 bits per heavy atom. The van der Waals surface area contributed by atoms with Crippen molar-refractivity contribution in [2.24, 2.45) is 5.92 Å². The van der Waals surface area contributed by atoms with Gasteiger partial charge in [0.1, 0.15) is 11.9 Å². The van der Waals surface area contributed by atoms with E-state index in [2.05, 4.69) is 121 Å². The molecule has 1 N–H and O–H groups in total. The van der Waals surface area contributed by atoms with Crippen LogP contribution in [0, 0.1) is 17.8 Å². The van der Waals surface area contributed by atoms with Crippen molar-refractivity contribution >= 4 is 27.0 Å². The van der Waals surface area contributed by atoms with Crippen LogP contribution in [-0.2, 0) is 34.4 Å². The van der Waals surface area contributed by atoms with Crippen molar-refractivity contribution < 1.29 is 37.6 Å². The minimum atomic E-state index is -2.70. The topological polar surface area (TPSA) is 84.8 Å². The molecule has 5 rings (SSSR count). The number of methoxy groups -OCH3 is 2. The summed E-state index contributed by atoms with van der Waals surface area (Å²) in [4.78, 5) is 0. The summed E-state index contributed by atoms with van der Waals surface area (Å²) in [7, 11) is -1.23. The van der Waals surface area contributed by atoms with Crippen molar-refractivity contribution in [3.63, 3.8) is 0 Å². The second-order valence-corrected chi connectivity index (χ2v) is 26.3. The third-order valence-corrected chi connectivity index (χ3v) is 22.4. The number of ether oxygens (including phenoxy) is 5. The molecule has 7 atom stereocenters. The number of fused-ring (bicyclic) bond motifs is 1. The van der Waals surface area contributed by atoms with E-state index in [4.69, 9.17) is 32.5 Å². The lowest BCUT2D eigenvalue weighted by Crippen LogP contribution is -2.67. The van der Waals surface area contributed by atoms with E-state index in [1.807, 2.05) is 24.3 Å². The standard InChI is InChI=1S/C48H70O8Si2/c1-10-57(11-2,12-3)56-41(35-52-34-38-26-28-40(50-8)29-27-38)21-19-20-39(49)30-31-48(51-9)37(4)32-45-46(55-48)33-42(54-45)36-53-58(47(5,6)7,43-22-15-13-16-23-43)44-24-17-14-18-25-44/h13-18,22-29,37,39,41-42,45-46,49H,10-12,21,30-36H2,1-9H3/t37-,39?,41-,42+,45-,46-,48+/m0/s1. The Balaban J connectivity index is 1.20. The van der Waals surface area contributed by atoms with Gasteiger partial charge in [-0.1, -0.05) is 133 Å². The number of benzene rings is 3. The molecular weight excluding hydrogens is 761 g/mol. The van der Waals surface area contributed by atoms with Crippen LogP contribution < -0.4 is 15.1 Å². The molecular formula is C48H70O8Si2. The first-order valence-corrected chi connectivity index (χ1v) is 26.0. The molecule has 2 heterocycles. The maximum absolute atomic E-state index is 11.2. The van der Waals surface area contributed by atoms with Gasteiger partial charge in [-0.15, -0.1) is 0 Å². The van der Waals surface area contributed by atoms with Crippen molar-refractivity contribution in [1.29, 1.82) is 0 Å². The van der Waals surface area contributed by atoms with Crippen molar-refractivity contribution in [1.82, 2.24) is 0 Å². The van der Waals surface area contributed by atoms with E-state index in [0.29, 0.717) is 39.1 Å². The van der Waals surface area contributed by atoms with E-state index in [-0.39, 0.29) is 35.4 Å². The molecule has 58 heavy (non-hydrogen) atoms. The molecule has 8 nitrogen and oxygen atoms in total. The fourth-order valence-electron chi connectivity index (χ4n) is 9.00. The van der Waals surface area contributed by atoms with Gasteiger partial charge in [-0.25, -0.2) is 0 Å². The van der Waals surface area contributed by atoms with E-state index in [0.717, 1.165) is 42.3 Å². The van der Waals surface area contributed by atoms with Crippen LogP contribution in [0.3, 0.4) is 0 Å². The minimum Gasteiger partial charge on any atom is -0.497 e. The van der Waals surface area contributed by atoms with Gasteiger partial charge in [0, 0.05) is 32.3 Å². The highest BCUT2D eigenvalue weighted by Crippen LogP contribution is 2.45. The molecule has 2 aliphatic rings. The zero-order valence-corrected chi connectivity index (χ0v) is 38.6. The van der Waals surface area contributed by atoms with E-state index in [1.54, 1.807) is 14.2 Å². The van der Waals surface area contributed by atoms with Gasteiger partial charge in [0.15, 0.2) is 14.1 Å². The molecule has 2 saturated heterocycles. The summed E-state index contributed by atoms with van der Waals surface area (Å²) >= 11 is 0. The van der Waals surface area contributed by atoms with Crippen LogP contribution in [0.4, 0.5) is 0 Å². The van der Waals surface area contributed by atoms with Gasteiger partial charge >= 0.3 is 0 Å². The minimum absolute atomic E-state index is 0.0374. The Morgan fingerprint density at radius 2 is 1.48 bits per heavy atom. The molecule has 3 aromatic rings. The molecule has 2 aliphatic heterocycles. The Hall–Kier alpha value is -2.83. The van der Waals surface area contributed by atoms with Crippen molar-refractivity contribution in [2.75, 3.05) is 27.4 Å². The normalized spacial score (nSPS) is 23.4. The van der Waals surface area contributed by atoms with Crippen LogP contribution in [0.25, 0.3) is 0 Å². The lowest BCUT2D eigenvalue weighted by atomic mass is 9.85. The average molecular weight is 831 g/mol. The number of aliphatic hydroxyl groups is 1. The van der Waals surface area contributed by atoms with Crippen LogP contribution in [-0.4, -0.2) is 85.5 Å². The number of hydrogen-bond donors (Lipinski definition) is 1. The molecule has 0 spiro atoms. The molecule has 0 aromatic heterocycles. The summed E-state index contributed by atoms with van der Waals surface area (Å²) in [5, 5.41) is 13.6. The van der Waals surface area contributed by atoms with Crippen LogP contribution in [0.2, 0.25) is 23.2 Å². The second kappa shape index (κ2) is 21.1. The quantitative estimate of drug-likeness (QED) is 0.0896. The van der Waals surface area contributed by atoms with Crippen molar-refractivity contribution in [3.8, 4) is 17.6 Å². The fourth-order valence-corrected chi connectivity index (χ4v) is 16.4. The predicted molar refractivity (Wildman–Crippen MR) is 238 cm³/mol. The maximum atomic E-state index is 11.2. The van der Waals surface area contributed by atoms with Crippen LogP contribution in [0.15, 0.2) is 84.9 Å². The van der Waals surface area contributed by atoms with Crippen molar-refractivity contribution in [3.05, 3.63) is 90.5 Å². The summed E-state index contributed by atoms with van der Waals surface area (Å²) in [6.45, 7) is 17.2. The Kier molecular flexibility index (Phi) is 16.8. The first-order valence-electron chi connectivity index (χ1n) is 21.5. The molecule has 0 bridgehead atoms. The summed E-state index contributed by atoms with van der Waals surface area (Å²) in [5.41, 5.74) is 1.08. The highest BCUT2D eigenvalue weighted by molar-refractivity contribution is 6.99. The monoisotopic (exact) mass is 830 g/mol. The molecule has 0 radical (unpaired) electrons. The smallest absolute Gasteiger partial charge is 0.261 e. The van der Waals surface area contributed by atoms with Crippen molar-refractivity contribution in [2.45, 2.75) is 147 Å². The predicted octanol–water partition coefficient (Wildman–Crippen LogP) is 8.64. The zero-order chi connectivity index (χ0) is 41.8. The van der Waals surface area contributed by atoms with Gasteiger partial charge in [-0.2, -0.15) is 0 Å². The molecule has 3 aromatic carbocycles. The lowest BCUT2D eigenvalue weighted by Gasteiger charge is -2.45.